The van der Waals surface area contributed by atoms with Crippen molar-refractivity contribution in [3.05, 3.63) is 93.6 Å². The Hall–Kier alpha value is -3.11. The quantitative estimate of drug-likeness (QED) is 0.351. The van der Waals surface area contributed by atoms with Crippen LogP contribution in [-0.4, -0.2) is 18.9 Å². The largest absolute Gasteiger partial charge is 0.334 e. The van der Waals surface area contributed by atoms with Gasteiger partial charge in [0.05, 0.1) is 0 Å². The van der Waals surface area contributed by atoms with Crippen LogP contribution in [0.5, 0.6) is 0 Å². The van der Waals surface area contributed by atoms with Crippen molar-refractivity contribution in [2.75, 3.05) is 11.9 Å². The van der Waals surface area contributed by atoms with Gasteiger partial charge in [-0.05, 0) is 115 Å². The van der Waals surface area contributed by atoms with E-state index in [1.54, 1.807) is 41.0 Å². The highest BCUT2D eigenvalue weighted by Gasteiger charge is 2.56. The predicted molar refractivity (Wildman–Crippen MR) is 163 cm³/mol. The molecule has 40 heavy (non-hydrogen) atoms. The molecule has 0 spiro atoms. The van der Waals surface area contributed by atoms with Gasteiger partial charge in [-0.15, -0.1) is 0 Å². The van der Waals surface area contributed by atoms with Crippen LogP contribution in [0.25, 0.3) is 6.08 Å². The zero-order valence-electron chi connectivity index (χ0n) is 23.3. The molecular weight excluding hydrogens is 516 g/mol. The van der Waals surface area contributed by atoms with Crippen LogP contribution in [0.3, 0.4) is 0 Å². The van der Waals surface area contributed by atoms with Crippen LogP contribution in [0, 0.1) is 23.2 Å². The summed E-state index contributed by atoms with van der Waals surface area (Å²) >= 11 is 5.90. The number of carbonyl (C=O) groups is 2. The lowest BCUT2D eigenvalue weighted by molar-refractivity contribution is -0.115. The molecule has 2 aromatic carbocycles. The molecule has 5 atom stereocenters. The summed E-state index contributed by atoms with van der Waals surface area (Å²) in [5.41, 5.74) is 8.28. The fourth-order valence-electron chi connectivity index (χ4n) is 8.22. The van der Waals surface area contributed by atoms with Gasteiger partial charge in [0.15, 0.2) is 0 Å². The first-order valence-corrected chi connectivity index (χ1v) is 15.3. The molecule has 4 nitrogen and oxygen atoms in total. The van der Waals surface area contributed by atoms with Crippen molar-refractivity contribution in [3.63, 3.8) is 0 Å². The highest BCUT2D eigenvalue weighted by molar-refractivity contribution is 6.30. The number of benzene rings is 2. The number of hydrogen-bond acceptors (Lipinski definition) is 2. The van der Waals surface area contributed by atoms with E-state index in [1.165, 1.54) is 50.4 Å². The van der Waals surface area contributed by atoms with Crippen LogP contribution in [0.2, 0.25) is 5.02 Å². The van der Waals surface area contributed by atoms with E-state index in [9.17, 15) is 9.59 Å². The van der Waals surface area contributed by atoms with Gasteiger partial charge in [0.25, 0.3) is 0 Å². The maximum absolute atomic E-state index is 12.2. The highest BCUT2D eigenvalue weighted by Crippen LogP contribution is 2.65. The first-order valence-electron chi connectivity index (χ1n) is 14.9. The minimum atomic E-state index is -0.250. The molecule has 5 unspecified atom stereocenters. The minimum absolute atomic E-state index is 0.0911. The Morgan fingerprint density at radius 1 is 1.05 bits per heavy atom. The lowest BCUT2D eigenvalue weighted by Gasteiger charge is -2.52. The molecule has 4 aliphatic carbocycles. The molecule has 0 aliphatic heterocycles. The topological polar surface area (TPSA) is 58.2 Å². The second-order valence-corrected chi connectivity index (χ2v) is 12.7. The zero-order chi connectivity index (χ0) is 27.7. The third-order valence-electron chi connectivity index (χ3n) is 10.2. The lowest BCUT2D eigenvalue weighted by Crippen LogP contribution is -2.43. The normalized spacial score (nSPS) is 29.3. The molecule has 4 aliphatic rings. The summed E-state index contributed by atoms with van der Waals surface area (Å²) in [4.78, 5) is 24.3. The first kappa shape index (κ1) is 27.1. The third kappa shape index (κ3) is 5.19. The summed E-state index contributed by atoms with van der Waals surface area (Å²) in [6, 6.07) is 15.8. The van der Waals surface area contributed by atoms with Gasteiger partial charge < -0.3 is 15.4 Å². The number of aldehydes is 1. The van der Waals surface area contributed by atoms with Crippen LogP contribution < -0.4 is 10.6 Å². The molecule has 0 radical (unpaired) electrons. The number of nitrogens with one attached hydrogen (secondary N) is 2. The first-order chi connectivity index (χ1) is 19.5. The molecule has 6 rings (SSSR count). The number of allylic oxidation sites excluding steroid dienone is 4. The third-order valence-corrected chi connectivity index (χ3v) is 10.4. The molecule has 2 saturated carbocycles. The van der Waals surface area contributed by atoms with Crippen LogP contribution in [0.4, 0.5) is 10.5 Å². The van der Waals surface area contributed by atoms with Crippen LogP contribution in [0.15, 0.2) is 77.4 Å². The maximum atomic E-state index is 12.2. The molecule has 2 amide bonds. The van der Waals surface area contributed by atoms with Crippen molar-refractivity contribution < 1.29 is 9.59 Å². The van der Waals surface area contributed by atoms with Gasteiger partial charge in [-0.3, -0.25) is 0 Å². The standard InChI is InChI=1S/C35H39ClN2O2/c1-35-21-31(33-29-7-3-2-6-24(29)12-18-30(33)32(35)19-13-26(35)22-39)25-10-8-23(9-11-25)5-4-20-37-34(40)38-28-16-14-27(36)15-17-28/h4-6,8-11,14-17,22,26,30-32H,2-3,7,12-13,18-21H2,1H3,(H2,37,38,40). The average molecular weight is 555 g/mol. The Balaban J connectivity index is 1.17. The number of anilines is 1. The van der Waals surface area contributed by atoms with Gasteiger partial charge in [0, 0.05) is 29.1 Å². The van der Waals surface area contributed by atoms with E-state index < -0.39 is 0 Å². The maximum Gasteiger partial charge on any atom is 0.319 e. The van der Waals surface area contributed by atoms with Crippen molar-refractivity contribution >= 4 is 35.7 Å². The number of urea groups is 1. The van der Waals surface area contributed by atoms with E-state index in [4.69, 9.17) is 11.6 Å². The highest BCUT2D eigenvalue weighted by atomic mass is 35.5. The molecule has 0 bridgehead atoms. The molecule has 5 heteroatoms. The summed E-state index contributed by atoms with van der Waals surface area (Å²) in [6.45, 7) is 2.85. The van der Waals surface area contributed by atoms with E-state index in [-0.39, 0.29) is 17.4 Å². The molecule has 2 fully saturated rings. The van der Waals surface area contributed by atoms with Crippen LogP contribution >= 0.6 is 11.6 Å². The number of carbonyl (C=O) groups excluding carboxylic acids is 2. The number of rotatable bonds is 6. The van der Waals surface area contributed by atoms with Gasteiger partial charge in [0.2, 0.25) is 0 Å². The number of fused-ring (bicyclic) bond motifs is 4. The predicted octanol–water partition coefficient (Wildman–Crippen LogP) is 8.71. The summed E-state index contributed by atoms with van der Waals surface area (Å²) in [5, 5.41) is 6.31. The Bertz CT molecular complexity index is 1360. The summed E-state index contributed by atoms with van der Waals surface area (Å²) in [6.07, 6.45) is 17.3. The number of hydrogen-bond donors (Lipinski definition) is 2. The van der Waals surface area contributed by atoms with Crippen molar-refractivity contribution in [1.29, 1.82) is 0 Å². The van der Waals surface area contributed by atoms with Gasteiger partial charge >= 0.3 is 6.03 Å². The van der Waals surface area contributed by atoms with Crippen molar-refractivity contribution in [2.24, 2.45) is 23.2 Å². The summed E-state index contributed by atoms with van der Waals surface area (Å²) in [7, 11) is 0. The Labute approximate surface area is 243 Å². The van der Waals surface area contributed by atoms with E-state index in [2.05, 4.69) is 54.0 Å². The van der Waals surface area contributed by atoms with Gasteiger partial charge in [-0.25, -0.2) is 4.79 Å². The second-order valence-electron chi connectivity index (χ2n) is 12.3. The lowest BCUT2D eigenvalue weighted by atomic mass is 9.52. The molecular formula is C35H39ClN2O2. The van der Waals surface area contributed by atoms with Gasteiger partial charge in [-0.1, -0.05) is 66.6 Å². The van der Waals surface area contributed by atoms with Crippen LogP contribution in [0.1, 0.15) is 75.3 Å². The van der Waals surface area contributed by atoms with Gasteiger partial charge in [-0.2, -0.15) is 0 Å². The van der Waals surface area contributed by atoms with Crippen LogP contribution in [-0.2, 0) is 4.79 Å². The fourth-order valence-corrected chi connectivity index (χ4v) is 8.35. The Kier molecular flexibility index (Phi) is 7.72. The molecule has 0 saturated heterocycles. The molecule has 2 aromatic rings. The number of amides is 2. The Morgan fingerprint density at radius 3 is 2.62 bits per heavy atom. The van der Waals surface area contributed by atoms with Crippen molar-refractivity contribution in [2.45, 2.75) is 64.2 Å². The zero-order valence-corrected chi connectivity index (χ0v) is 24.1. The molecule has 208 valence electrons. The minimum Gasteiger partial charge on any atom is -0.334 e. The monoisotopic (exact) mass is 554 g/mol. The second kappa shape index (κ2) is 11.4. The smallest absolute Gasteiger partial charge is 0.319 e. The number of halogens is 1. The van der Waals surface area contributed by atoms with E-state index >= 15 is 0 Å². The van der Waals surface area contributed by atoms with E-state index in [1.807, 2.05) is 6.08 Å². The fraction of sp³-hybridized carbons (Fsp3) is 0.429. The van der Waals surface area contributed by atoms with E-state index in [0.29, 0.717) is 35.0 Å². The molecule has 0 aromatic heterocycles. The van der Waals surface area contributed by atoms with E-state index in [0.717, 1.165) is 18.4 Å². The molecule has 2 N–H and O–H groups in total. The molecule has 0 heterocycles. The van der Waals surface area contributed by atoms with Crippen molar-refractivity contribution in [1.82, 2.24) is 5.32 Å². The summed E-state index contributed by atoms with van der Waals surface area (Å²) < 4.78 is 0. The summed E-state index contributed by atoms with van der Waals surface area (Å²) in [5.74, 6) is 1.82. The van der Waals surface area contributed by atoms with Crippen molar-refractivity contribution in [3.8, 4) is 0 Å². The van der Waals surface area contributed by atoms with Gasteiger partial charge in [0.1, 0.15) is 6.29 Å². The Morgan fingerprint density at radius 2 is 1.85 bits per heavy atom. The average Bonchev–Trinajstić information content (AvgIpc) is 3.32. The SMILES string of the molecule is CC12CC(c3ccc(C=CCNC(=O)Nc4ccc(Cl)cc4)cc3)C3=C4CCCC=C4CCC3C1CCC2C=O.